The van der Waals surface area contributed by atoms with Gasteiger partial charge >= 0.3 is 0 Å². The molecule has 4 heteroatoms. The minimum Gasteiger partial charge on any atom is -0.345 e. The Kier molecular flexibility index (Phi) is 5.07. The molecule has 0 saturated heterocycles. The Morgan fingerprint density at radius 2 is 2.25 bits per heavy atom. The highest BCUT2D eigenvalue weighted by molar-refractivity contribution is 14.1. The van der Waals surface area contributed by atoms with Gasteiger partial charge in [-0.25, -0.2) is 0 Å². The molecule has 3 N–H and O–H groups in total. The zero-order valence-electron chi connectivity index (χ0n) is 12.2. The minimum atomic E-state index is -0.234. The summed E-state index contributed by atoms with van der Waals surface area (Å²) in [6.07, 6.45) is 4.51. The largest absolute Gasteiger partial charge is 0.345 e. The Balaban J connectivity index is 2.23. The summed E-state index contributed by atoms with van der Waals surface area (Å²) in [5.74, 6) is 0.449. The van der Waals surface area contributed by atoms with Crippen LogP contribution in [0.15, 0.2) is 18.2 Å². The number of rotatable bonds is 3. The zero-order chi connectivity index (χ0) is 14.8. The number of carbonyl (C=O) groups excluding carboxylic acids is 1. The van der Waals surface area contributed by atoms with Crippen LogP contribution < -0.4 is 11.1 Å². The van der Waals surface area contributed by atoms with Crippen molar-refractivity contribution >= 4 is 28.5 Å². The van der Waals surface area contributed by atoms with E-state index in [0.29, 0.717) is 12.5 Å². The first kappa shape index (κ1) is 15.8. The molecule has 1 amide bonds. The van der Waals surface area contributed by atoms with Gasteiger partial charge in [-0.2, -0.15) is 0 Å². The van der Waals surface area contributed by atoms with Crippen molar-refractivity contribution < 1.29 is 4.79 Å². The lowest BCUT2D eigenvalue weighted by Gasteiger charge is -2.42. The molecule has 2 unspecified atom stereocenters. The molecule has 1 saturated carbocycles. The molecule has 1 fully saturated rings. The molecule has 3 nitrogen and oxygen atoms in total. The van der Waals surface area contributed by atoms with Crippen molar-refractivity contribution in [3.05, 3.63) is 32.9 Å². The van der Waals surface area contributed by atoms with E-state index < -0.39 is 0 Å². The fraction of sp³-hybridized carbons (Fsp3) is 0.562. The van der Waals surface area contributed by atoms with Gasteiger partial charge in [0.05, 0.1) is 11.1 Å². The Labute approximate surface area is 134 Å². The first-order valence-corrected chi connectivity index (χ1v) is 8.36. The monoisotopic (exact) mass is 386 g/mol. The molecule has 2 rings (SSSR count). The molecule has 1 aromatic carbocycles. The van der Waals surface area contributed by atoms with Gasteiger partial charge in [0.2, 0.25) is 0 Å². The summed E-state index contributed by atoms with van der Waals surface area (Å²) in [6, 6.07) is 5.86. The average Bonchev–Trinajstić information content (AvgIpc) is 2.44. The van der Waals surface area contributed by atoms with E-state index in [1.54, 1.807) is 0 Å². The summed E-state index contributed by atoms with van der Waals surface area (Å²) in [7, 11) is 0. The highest BCUT2D eigenvalue weighted by Crippen LogP contribution is 2.33. The summed E-state index contributed by atoms with van der Waals surface area (Å²) >= 11 is 2.24. The summed E-state index contributed by atoms with van der Waals surface area (Å²) < 4.78 is 1.03. The van der Waals surface area contributed by atoms with Crippen molar-refractivity contribution in [3.63, 3.8) is 0 Å². The van der Waals surface area contributed by atoms with Crippen molar-refractivity contribution in [3.8, 4) is 0 Å². The normalized spacial score (nSPS) is 26.3. The number of benzene rings is 1. The Bertz CT molecular complexity index is 503. The van der Waals surface area contributed by atoms with Gasteiger partial charge in [-0.3, -0.25) is 4.79 Å². The van der Waals surface area contributed by atoms with Crippen LogP contribution in [-0.2, 0) is 0 Å². The molecule has 0 aliphatic heterocycles. The summed E-state index contributed by atoms with van der Waals surface area (Å²) in [5.41, 5.74) is 7.67. The average molecular weight is 386 g/mol. The lowest BCUT2D eigenvalue weighted by molar-refractivity contribution is 0.0812. The lowest BCUT2D eigenvalue weighted by Crippen LogP contribution is -2.59. The number of aryl methyl sites for hydroxylation is 1. The summed E-state index contributed by atoms with van der Waals surface area (Å²) in [6.45, 7) is 4.75. The molecular weight excluding hydrogens is 363 g/mol. The maximum absolute atomic E-state index is 12.6. The molecule has 110 valence electrons. The minimum absolute atomic E-state index is 0.0114. The molecule has 0 bridgehead atoms. The van der Waals surface area contributed by atoms with Crippen LogP contribution in [0.3, 0.4) is 0 Å². The van der Waals surface area contributed by atoms with Crippen molar-refractivity contribution in [1.29, 1.82) is 0 Å². The number of amides is 1. The molecule has 0 aromatic heterocycles. The van der Waals surface area contributed by atoms with Crippen molar-refractivity contribution in [2.75, 3.05) is 6.54 Å². The van der Waals surface area contributed by atoms with Crippen LogP contribution in [0, 0.1) is 16.4 Å². The number of nitrogens with two attached hydrogens (primary N) is 1. The van der Waals surface area contributed by atoms with Crippen LogP contribution in [0.2, 0.25) is 0 Å². The number of carbonyl (C=O) groups is 1. The first-order chi connectivity index (χ1) is 9.50. The quantitative estimate of drug-likeness (QED) is 0.784. The Morgan fingerprint density at radius 3 is 2.90 bits per heavy atom. The van der Waals surface area contributed by atoms with E-state index in [-0.39, 0.29) is 11.4 Å². The van der Waals surface area contributed by atoms with E-state index in [0.717, 1.165) is 34.0 Å². The van der Waals surface area contributed by atoms with Crippen LogP contribution in [0.5, 0.6) is 0 Å². The van der Waals surface area contributed by atoms with Gasteiger partial charge in [-0.05, 0) is 59.9 Å². The van der Waals surface area contributed by atoms with Gasteiger partial charge < -0.3 is 11.1 Å². The topological polar surface area (TPSA) is 55.1 Å². The standard InChI is InChI=1S/C16H23IN2O/c1-11-6-5-8-13(14(11)17)15(20)19-16(10-18)9-4-3-7-12(16)2/h5-6,8,12H,3-4,7,9-10,18H2,1-2H3,(H,19,20). The molecule has 20 heavy (non-hydrogen) atoms. The number of hydrogen-bond acceptors (Lipinski definition) is 2. The first-order valence-electron chi connectivity index (χ1n) is 7.28. The maximum atomic E-state index is 12.6. The molecule has 1 aliphatic carbocycles. The van der Waals surface area contributed by atoms with Gasteiger partial charge in [-0.15, -0.1) is 0 Å². The number of halogens is 1. The van der Waals surface area contributed by atoms with Crippen molar-refractivity contribution in [2.24, 2.45) is 11.7 Å². The highest BCUT2D eigenvalue weighted by Gasteiger charge is 2.38. The van der Waals surface area contributed by atoms with Crippen LogP contribution in [0.1, 0.15) is 48.5 Å². The van der Waals surface area contributed by atoms with E-state index >= 15 is 0 Å². The maximum Gasteiger partial charge on any atom is 0.252 e. The van der Waals surface area contributed by atoms with E-state index in [1.165, 1.54) is 6.42 Å². The smallest absolute Gasteiger partial charge is 0.252 e. The van der Waals surface area contributed by atoms with Gasteiger partial charge in [0.25, 0.3) is 5.91 Å². The lowest BCUT2D eigenvalue weighted by atomic mass is 9.73. The van der Waals surface area contributed by atoms with Crippen molar-refractivity contribution in [2.45, 2.75) is 45.1 Å². The summed E-state index contributed by atoms with van der Waals surface area (Å²) in [5, 5.41) is 3.25. The predicted octanol–water partition coefficient (Wildman–Crippen LogP) is 3.24. The predicted molar refractivity (Wildman–Crippen MR) is 90.8 cm³/mol. The molecule has 0 spiro atoms. The second-order valence-electron chi connectivity index (χ2n) is 5.90. The van der Waals surface area contributed by atoms with Gasteiger partial charge in [0, 0.05) is 10.1 Å². The number of nitrogens with one attached hydrogen (secondary N) is 1. The number of hydrogen-bond donors (Lipinski definition) is 2. The van der Waals surface area contributed by atoms with E-state index in [4.69, 9.17) is 5.73 Å². The van der Waals surface area contributed by atoms with Gasteiger partial charge in [0.15, 0.2) is 0 Å². The fourth-order valence-electron chi connectivity index (χ4n) is 3.07. The van der Waals surface area contributed by atoms with Crippen LogP contribution in [-0.4, -0.2) is 18.0 Å². The molecule has 0 radical (unpaired) electrons. The van der Waals surface area contributed by atoms with Gasteiger partial charge in [0.1, 0.15) is 0 Å². The molecule has 1 aliphatic rings. The Hall–Kier alpha value is -0.620. The highest BCUT2D eigenvalue weighted by atomic mass is 127. The second kappa shape index (κ2) is 6.43. The molecule has 0 heterocycles. The van der Waals surface area contributed by atoms with Gasteiger partial charge in [-0.1, -0.05) is 31.9 Å². The van der Waals surface area contributed by atoms with E-state index in [9.17, 15) is 4.79 Å². The second-order valence-corrected chi connectivity index (χ2v) is 6.98. The third-order valence-electron chi connectivity index (χ3n) is 4.62. The molecule has 2 atom stereocenters. The van der Waals surface area contributed by atoms with Crippen LogP contribution >= 0.6 is 22.6 Å². The van der Waals surface area contributed by atoms with Crippen LogP contribution in [0.25, 0.3) is 0 Å². The van der Waals surface area contributed by atoms with E-state index in [1.807, 2.05) is 25.1 Å². The molecule has 1 aromatic rings. The Morgan fingerprint density at radius 1 is 1.50 bits per heavy atom. The molecular formula is C16H23IN2O. The van der Waals surface area contributed by atoms with Crippen molar-refractivity contribution in [1.82, 2.24) is 5.32 Å². The fourth-order valence-corrected chi connectivity index (χ4v) is 3.67. The third-order valence-corrected chi connectivity index (χ3v) is 6.05. The SMILES string of the molecule is Cc1cccc(C(=O)NC2(CN)CCCCC2C)c1I. The summed E-state index contributed by atoms with van der Waals surface area (Å²) in [4.78, 5) is 12.6. The van der Waals surface area contributed by atoms with Crippen LogP contribution in [0.4, 0.5) is 0 Å². The van der Waals surface area contributed by atoms with E-state index in [2.05, 4.69) is 34.8 Å². The zero-order valence-corrected chi connectivity index (χ0v) is 14.4. The third kappa shape index (κ3) is 3.01.